The molecule has 2 aromatic carbocycles. The topological polar surface area (TPSA) is 71.2 Å². The van der Waals surface area contributed by atoms with Gasteiger partial charge < -0.3 is 9.47 Å². The molecule has 0 aliphatic heterocycles. The Morgan fingerprint density at radius 2 is 2.03 bits per heavy atom. The van der Waals surface area contributed by atoms with Gasteiger partial charge in [0.15, 0.2) is 0 Å². The Labute approximate surface area is 168 Å². The Kier molecular flexibility index (Phi) is 5.14. The number of hydrogen-bond donors (Lipinski definition) is 0. The zero-order valence-electron chi connectivity index (χ0n) is 16.6. The molecule has 29 heavy (non-hydrogen) atoms. The zero-order valence-corrected chi connectivity index (χ0v) is 16.6. The molecule has 0 spiro atoms. The van der Waals surface area contributed by atoms with Crippen molar-refractivity contribution in [2.24, 2.45) is 7.05 Å². The highest BCUT2D eigenvalue weighted by Crippen LogP contribution is 2.28. The molecule has 2 aromatic heterocycles. The van der Waals surface area contributed by atoms with E-state index in [1.807, 2.05) is 46.6 Å². The molecule has 1 unspecified atom stereocenters. The van der Waals surface area contributed by atoms with Crippen LogP contribution in [0.5, 0.6) is 0 Å². The monoisotopic (exact) mass is 390 g/mol. The number of rotatable bonds is 6. The lowest BCUT2D eigenvalue weighted by molar-refractivity contribution is 0.0526. The minimum absolute atomic E-state index is 0.229. The third kappa shape index (κ3) is 3.52. The predicted octanol–water partition coefficient (Wildman–Crippen LogP) is 3.67. The molecule has 0 fully saturated rings. The van der Waals surface area contributed by atoms with Crippen molar-refractivity contribution < 1.29 is 14.3 Å². The van der Waals surface area contributed by atoms with Gasteiger partial charge in [-0.05, 0) is 48.9 Å². The summed E-state index contributed by atoms with van der Waals surface area (Å²) >= 11 is 0. The van der Waals surface area contributed by atoms with E-state index in [0.717, 1.165) is 28.0 Å². The first-order valence-corrected chi connectivity index (χ1v) is 9.37. The second-order valence-corrected chi connectivity index (χ2v) is 6.63. The maximum atomic E-state index is 12.0. The summed E-state index contributed by atoms with van der Waals surface area (Å²) in [7, 11) is 3.59. The number of aromatic nitrogens is 4. The van der Waals surface area contributed by atoms with Crippen LogP contribution in [0.15, 0.2) is 61.1 Å². The van der Waals surface area contributed by atoms with E-state index in [9.17, 15) is 4.79 Å². The molecule has 148 valence electrons. The van der Waals surface area contributed by atoms with Crippen LogP contribution in [0.4, 0.5) is 0 Å². The minimum Gasteiger partial charge on any atom is -0.462 e. The van der Waals surface area contributed by atoms with Crippen LogP contribution in [0.2, 0.25) is 0 Å². The molecule has 4 aromatic rings. The largest absolute Gasteiger partial charge is 0.462 e. The zero-order chi connectivity index (χ0) is 20.4. The fourth-order valence-electron chi connectivity index (χ4n) is 3.47. The number of esters is 1. The third-order valence-corrected chi connectivity index (χ3v) is 4.87. The van der Waals surface area contributed by atoms with Crippen LogP contribution >= 0.6 is 0 Å². The highest BCUT2D eigenvalue weighted by atomic mass is 16.5. The molecule has 0 saturated heterocycles. The van der Waals surface area contributed by atoms with Crippen LogP contribution in [0, 0.1) is 0 Å². The first-order valence-electron chi connectivity index (χ1n) is 9.37. The van der Waals surface area contributed by atoms with E-state index in [4.69, 9.17) is 9.47 Å². The summed E-state index contributed by atoms with van der Waals surface area (Å²) < 4.78 is 14.6. The quantitative estimate of drug-likeness (QED) is 0.470. The summed E-state index contributed by atoms with van der Waals surface area (Å²) in [6.07, 6.45) is 3.29. The smallest absolute Gasteiger partial charge is 0.338 e. The van der Waals surface area contributed by atoms with Crippen molar-refractivity contribution in [3.05, 3.63) is 77.9 Å². The van der Waals surface area contributed by atoms with E-state index in [1.165, 1.54) is 0 Å². The van der Waals surface area contributed by atoms with E-state index in [-0.39, 0.29) is 12.1 Å². The van der Waals surface area contributed by atoms with Gasteiger partial charge in [-0.1, -0.05) is 12.1 Å². The van der Waals surface area contributed by atoms with Gasteiger partial charge in [-0.25, -0.2) is 9.78 Å². The molecule has 1 atom stereocenters. The van der Waals surface area contributed by atoms with Crippen molar-refractivity contribution in [2.75, 3.05) is 13.7 Å². The summed E-state index contributed by atoms with van der Waals surface area (Å²) in [6, 6.07) is 15.5. The molecule has 0 aliphatic carbocycles. The van der Waals surface area contributed by atoms with Gasteiger partial charge in [0.05, 0.1) is 28.9 Å². The Bertz CT molecular complexity index is 1160. The van der Waals surface area contributed by atoms with Crippen molar-refractivity contribution in [1.29, 1.82) is 0 Å². The van der Waals surface area contributed by atoms with Gasteiger partial charge in [0.1, 0.15) is 12.4 Å². The van der Waals surface area contributed by atoms with Crippen LogP contribution in [0.1, 0.15) is 34.6 Å². The number of methoxy groups -OCH3 is 1. The van der Waals surface area contributed by atoms with Crippen LogP contribution in [0.25, 0.3) is 16.7 Å². The van der Waals surface area contributed by atoms with Crippen molar-refractivity contribution >= 4 is 17.0 Å². The highest BCUT2D eigenvalue weighted by molar-refractivity contribution is 5.94. The number of nitrogens with zero attached hydrogens (tertiary/aromatic N) is 4. The van der Waals surface area contributed by atoms with Gasteiger partial charge >= 0.3 is 5.97 Å². The van der Waals surface area contributed by atoms with Gasteiger partial charge in [-0.3, -0.25) is 9.25 Å². The molecule has 0 N–H and O–H groups in total. The molecule has 0 bridgehead atoms. The fourth-order valence-corrected chi connectivity index (χ4v) is 3.47. The molecule has 4 rings (SSSR count). The molecular formula is C22H22N4O3. The number of imidazole rings is 1. The van der Waals surface area contributed by atoms with Crippen LogP contribution < -0.4 is 0 Å². The first-order chi connectivity index (χ1) is 14.1. The van der Waals surface area contributed by atoms with E-state index in [0.29, 0.717) is 12.2 Å². The normalized spacial score (nSPS) is 12.2. The molecule has 0 radical (unpaired) electrons. The first kappa shape index (κ1) is 18.9. The van der Waals surface area contributed by atoms with E-state index in [1.54, 1.807) is 38.7 Å². The van der Waals surface area contributed by atoms with E-state index >= 15 is 0 Å². The average Bonchev–Trinajstić information content (AvgIpc) is 3.35. The van der Waals surface area contributed by atoms with Crippen molar-refractivity contribution in [3.8, 4) is 5.69 Å². The number of carbonyl (C=O) groups excluding carboxylic acids is 1. The Morgan fingerprint density at radius 3 is 2.76 bits per heavy atom. The molecule has 2 heterocycles. The van der Waals surface area contributed by atoms with E-state index in [2.05, 4.69) is 16.1 Å². The van der Waals surface area contributed by atoms with Crippen molar-refractivity contribution in [1.82, 2.24) is 19.3 Å². The highest BCUT2D eigenvalue weighted by Gasteiger charge is 2.18. The maximum Gasteiger partial charge on any atom is 0.338 e. The Morgan fingerprint density at radius 1 is 1.17 bits per heavy atom. The summed E-state index contributed by atoms with van der Waals surface area (Å²) in [5.41, 5.74) is 5.07. The summed E-state index contributed by atoms with van der Waals surface area (Å²) in [4.78, 5) is 16.4. The summed E-state index contributed by atoms with van der Waals surface area (Å²) in [5.74, 6) is -0.343. The number of aryl methyl sites for hydroxylation is 1. The Balaban J connectivity index is 1.72. The summed E-state index contributed by atoms with van der Waals surface area (Å²) in [6.45, 7) is 2.13. The summed E-state index contributed by atoms with van der Waals surface area (Å²) in [5, 5.41) is 4.24. The molecule has 0 amide bonds. The van der Waals surface area contributed by atoms with E-state index < -0.39 is 0 Å². The molecule has 0 saturated carbocycles. The molecule has 7 heteroatoms. The van der Waals surface area contributed by atoms with Crippen LogP contribution in [-0.2, 0) is 16.5 Å². The van der Waals surface area contributed by atoms with Gasteiger partial charge in [0.2, 0.25) is 0 Å². The minimum atomic E-state index is -0.343. The van der Waals surface area contributed by atoms with Gasteiger partial charge in [0, 0.05) is 26.0 Å². The van der Waals surface area contributed by atoms with Crippen molar-refractivity contribution in [2.45, 2.75) is 13.0 Å². The average molecular weight is 390 g/mol. The lowest BCUT2D eigenvalue weighted by Crippen LogP contribution is -2.09. The molecule has 7 nitrogen and oxygen atoms in total. The Hall–Kier alpha value is -3.45. The SMILES string of the molecule is CCOC(=O)c1ccc2c(c1)ncn2-c1cccc(C(OC)c2ccnn2C)c1. The molecule has 0 aliphatic rings. The second-order valence-electron chi connectivity index (χ2n) is 6.63. The van der Waals surface area contributed by atoms with Crippen LogP contribution in [-0.4, -0.2) is 39.0 Å². The number of ether oxygens (including phenoxy) is 2. The molecular weight excluding hydrogens is 368 g/mol. The number of carbonyl (C=O) groups is 1. The fraction of sp³-hybridized carbons (Fsp3) is 0.227. The van der Waals surface area contributed by atoms with Crippen molar-refractivity contribution in [3.63, 3.8) is 0 Å². The number of hydrogen-bond acceptors (Lipinski definition) is 5. The predicted molar refractivity (Wildman–Crippen MR) is 109 cm³/mol. The number of benzene rings is 2. The third-order valence-electron chi connectivity index (χ3n) is 4.87. The second kappa shape index (κ2) is 7.89. The standard InChI is InChI=1S/C22H22N4O3/c1-4-29-22(27)16-8-9-19-18(13-16)23-14-26(19)17-7-5-6-15(12-17)21(28-3)20-10-11-24-25(20)2/h5-14,21H,4H2,1-3H3. The lowest BCUT2D eigenvalue weighted by Gasteiger charge is -2.17. The lowest BCUT2D eigenvalue weighted by atomic mass is 10.1. The van der Waals surface area contributed by atoms with Crippen LogP contribution in [0.3, 0.4) is 0 Å². The van der Waals surface area contributed by atoms with Gasteiger partial charge in [-0.15, -0.1) is 0 Å². The number of fused-ring (bicyclic) bond motifs is 1. The van der Waals surface area contributed by atoms with Gasteiger partial charge in [0.25, 0.3) is 0 Å². The maximum absolute atomic E-state index is 12.0. The van der Waals surface area contributed by atoms with Gasteiger partial charge in [-0.2, -0.15) is 5.10 Å².